The number of halogens is 1. The van der Waals surface area contributed by atoms with Crippen molar-refractivity contribution in [2.24, 2.45) is 11.5 Å². The monoisotopic (exact) mass is 319 g/mol. The van der Waals surface area contributed by atoms with Gasteiger partial charge < -0.3 is 16.8 Å². The fourth-order valence-electron chi connectivity index (χ4n) is 1.03. The maximum Gasteiger partial charge on any atom is 0.236 e. The standard InChI is InChI=1S/C10H14IN3O/c1-6-2-3-7(4-8(6)11)14-5-9(12)10(13)15/h2-4,9,14H,5,12H2,1H3,(H2,13,15). The summed E-state index contributed by atoms with van der Waals surface area (Å²) in [5.74, 6) is -0.496. The van der Waals surface area contributed by atoms with E-state index < -0.39 is 11.9 Å². The smallest absolute Gasteiger partial charge is 0.236 e. The Bertz CT molecular complexity index is 368. The third-order valence-corrected chi connectivity index (χ3v) is 3.23. The molecule has 0 aliphatic carbocycles. The van der Waals surface area contributed by atoms with Crippen molar-refractivity contribution in [3.05, 3.63) is 27.3 Å². The number of aryl methyl sites for hydroxylation is 1. The first-order valence-electron chi connectivity index (χ1n) is 4.55. The Balaban J connectivity index is 2.58. The first-order chi connectivity index (χ1) is 7.00. The van der Waals surface area contributed by atoms with Gasteiger partial charge in [-0.1, -0.05) is 6.07 Å². The van der Waals surface area contributed by atoms with Crippen LogP contribution in [0.15, 0.2) is 18.2 Å². The van der Waals surface area contributed by atoms with E-state index in [1.807, 2.05) is 25.1 Å². The normalized spacial score (nSPS) is 12.2. The average Bonchev–Trinajstić information content (AvgIpc) is 2.19. The Morgan fingerprint density at radius 1 is 1.60 bits per heavy atom. The number of anilines is 1. The van der Waals surface area contributed by atoms with Crippen LogP contribution in [0.25, 0.3) is 0 Å². The Kier molecular flexibility index (Phi) is 4.34. The molecular formula is C10H14IN3O. The number of nitrogens with one attached hydrogen (secondary N) is 1. The summed E-state index contributed by atoms with van der Waals surface area (Å²) in [5.41, 5.74) is 12.7. The maximum atomic E-state index is 10.7. The average molecular weight is 319 g/mol. The maximum absolute atomic E-state index is 10.7. The number of amides is 1. The van der Waals surface area contributed by atoms with Crippen molar-refractivity contribution in [2.45, 2.75) is 13.0 Å². The van der Waals surface area contributed by atoms with Crippen LogP contribution in [0.5, 0.6) is 0 Å². The molecule has 1 rings (SSSR count). The molecule has 0 aliphatic heterocycles. The minimum atomic E-state index is -0.649. The molecule has 5 heteroatoms. The fraction of sp³-hybridized carbons (Fsp3) is 0.300. The molecule has 1 unspecified atom stereocenters. The van der Waals surface area contributed by atoms with E-state index in [4.69, 9.17) is 11.5 Å². The van der Waals surface area contributed by atoms with Gasteiger partial charge in [0, 0.05) is 15.8 Å². The number of rotatable bonds is 4. The molecule has 0 spiro atoms. The van der Waals surface area contributed by atoms with Crippen LogP contribution in [0.3, 0.4) is 0 Å². The molecule has 0 saturated heterocycles. The molecular weight excluding hydrogens is 305 g/mol. The molecule has 1 atom stereocenters. The van der Waals surface area contributed by atoms with Crippen LogP contribution in [0, 0.1) is 10.5 Å². The Morgan fingerprint density at radius 3 is 2.80 bits per heavy atom. The summed E-state index contributed by atoms with van der Waals surface area (Å²) in [6.07, 6.45) is 0. The first-order valence-corrected chi connectivity index (χ1v) is 5.63. The van der Waals surface area contributed by atoms with Gasteiger partial charge >= 0.3 is 0 Å². The van der Waals surface area contributed by atoms with E-state index in [0.29, 0.717) is 6.54 Å². The van der Waals surface area contributed by atoms with Crippen molar-refractivity contribution in [1.82, 2.24) is 0 Å². The lowest BCUT2D eigenvalue weighted by molar-refractivity contribution is -0.118. The highest BCUT2D eigenvalue weighted by molar-refractivity contribution is 14.1. The second kappa shape index (κ2) is 5.32. The van der Waals surface area contributed by atoms with Gasteiger partial charge in [-0.15, -0.1) is 0 Å². The van der Waals surface area contributed by atoms with Gasteiger partial charge in [0.15, 0.2) is 0 Å². The fourth-order valence-corrected chi connectivity index (χ4v) is 1.55. The Labute approximate surface area is 103 Å². The van der Waals surface area contributed by atoms with Crippen LogP contribution in [-0.4, -0.2) is 18.5 Å². The number of benzene rings is 1. The van der Waals surface area contributed by atoms with E-state index in [-0.39, 0.29) is 0 Å². The van der Waals surface area contributed by atoms with Crippen molar-refractivity contribution < 1.29 is 4.79 Å². The lowest BCUT2D eigenvalue weighted by Crippen LogP contribution is -2.41. The van der Waals surface area contributed by atoms with Crippen molar-refractivity contribution in [3.63, 3.8) is 0 Å². The molecule has 82 valence electrons. The molecule has 0 aliphatic rings. The van der Waals surface area contributed by atoms with Gasteiger partial charge in [-0.25, -0.2) is 0 Å². The predicted octanol–water partition coefficient (Wildman–Crippen LogP) is 0.824. The number of nitrogens with two attached hydrogens (primary N) is 2. The van der Waals surface area contributed by atoms with Gasteiger partial charge in [-0.05, 0) is 47.2 Å². The van der Waals surface area contributed by atoms with Crippen LogP contribution in [0.4, 0.5) is 5.69 Å². The Hall–Kier alpha value is -0.820. The van der Waals surface area contributed by atoms with Crippen molar-refractivity contribution in [3.8, 4) is 0 Å². The van der Waals surface area contributed by atoms with Gasteiger partial charge in [-0.2, -0.15) is 0 Å². The number of carbonyl (C=O) groups is 1. The molecule has 15 heavy (non-hydrogen) atoms. The second-order valence-corrected chi connectivity index (χ2v) is 4.52. The van der Waals surface area contributed by atoms with E-state index in [0.717, 1.165) is 5.69 Å². The molecule has 0 fully saturated rings. The number of primary amides is 1. The molecule has 1 aromatic carbocycles. The van der Waals surface area contributed by atoms with Gasteiger partial charge in [-0.3, -0.25) is 4.79 Å². The highest BCUT2D eigenvalue weighted by Gasteiger charge is 2.08. The summed E-state index contributed by atoms with van der Waals surface area (Å²) in [5, 5.41) is 3.06. The molecule has 0 bridgehead atoms. The molecule has 1 aromatic rings. The van der Waals surface area contributed by atoms with Gasteiger partial charge in [0.05, 0.1) is 0 Å². The summed E-state index contributed by atoms with van der Waals surface area (Å²) in [6.45, 7) is 2.40. The molecule has 0 radical (unpaired) electrons. The lowest BCUT2D eigenvalue weighted by atomic mass is 10.2. The molecule has 0 heterocycles. The number of carbonyl (C=O) groups excluding carboxylic acids is 1. The zero-order chi connectivity index (χ0) is 11.4. The van der Waals surface area contributed by atoms with Gasteiger partial charge in [0.1, 0.15) is 6.04 Å². The van der Waals surface area contributed by atoms with E-state index in [2.05, 4.69) is 27.9 Å². The van der Waals surface area contributed by atoms with Crippen molar-refractivity contribution in [2.75, 3.05) is 11.9 Å². The van der Waals surface area contributed by atoms with Crippen molar-refractivity contribution in [1.29, 1.82) is 0 Å². The van der Waals surface area contributed by atoms with Crippen molar-refractivity contribution >= 4 is 34.2 Å². The Morgan fingerprint density at radius 2 is 2.27 bits per heavy atom. The van der Waals surface area contributed by atoms with Gasteiger partial charge in [0.2, 0.25) is 5.91 Å². The summed E-state index contributed by atoms with van der Waals surface area (Å²) < 4.78 is 1.17. The lowest BCUT2D eigenvalue weighted by Gasteiger charge is -2.11. The molecule has 4 nitrogen and oxygen atoms in total. The summed E-state index contributed by atoms with van der Waals surface area (Å²) in [4.78, 5) is 10.7. The van der Waals surface area contributed by atoms with E-state index in [1.54, 1.807) is 0 Å². The highest BCUT2D eigenvalue weighted by atomic mass is 127. The summed E-state index contributed by atoms with van der Waals surface area (Å²) in [6, 6.07) is 5.32. The quantitative estimate of drug-likeness (QED) is 0.719. The van der Waals surface area contributed by atoms with Crippen LogP contribution in [0.2, 0.25) is 0 Å². The first kappa shape index (κ1) is 12.3. The number of hydrogen-bond acceptors (Lipinski definition) is 3. The van der Waals surface area contributed by atoms with E-state index >= 15 is 0 Å². The van der Waals surface area contributed by atoms with Crippen LogP contribution in [0.1, 0.15) is 5.56 Å². The molecule has 1 amide bonds. The predicted molar refractivity (Wildman–Crippen MR) is 69.6 cm³/mol. The van der Waals surface area contributed by atoms with E-state index in [9.17, 15) is 4.79 Å². The summed E-state index contributed by atoms with van der Waals surface area (Å²) in [7, 11) is 0. The third-order valence-electron chi connectivity index (χ3n) is 2.06. The zero-order valence-corrected chi connectivity index (χ0v) is 10.6. The zero-order valence-electron chi connectivity index (χ0n) is 8.46. The largest absolute Gasteiger partial charge is 0.383 e. The van der Waals surface area contributed by atoms with Crippen LogP contribution >= 0.6 is 22.6 Å². The third kappa shape index (κ3) is 3.67. The second-order valence-electron chi connectivity index (χ2n) is 3.35. The SMILES string of the molecule is Cc1ccc(NCC(N)C(N)=O)cc1I. The van der Waals surface area contributed by atoms with Crippen LogP contribution in [-0.2, 0) is 4.79 Å². The number of hydrogen-bond donors (Lipinski definition) is 3. The minimum Gasteiger partial charge on any atom is -0.383 e. The molecule has 0 saturated carbocycles. The highest BCUT2D eigenvalue weighted by Crippen LogP contribution is 2.16. The minimum absolute atomic E-state index is 0.356. The summed E-state index contributed by atoms with van der Waals surface area (Å²) >= 11 is 2.26. The van der Waals surface area contributed by atoms with Crippen LogP contribution < -0.4 is 16.8 Å². The van der Waals surface area contributed by atoms with Gasteiger partial charge in [0.25, 0.3) is 0 Å². The van der Waals surface area contributed by atoms with E-state index in [1.165, 1.54) is 9.13 Å². The topological polar surface area (TPSA) is 81.1 Å². The molecule has 0 aromatic heterocycles. The molecule has 5 N–H and O–H groups in total.